The number of hydrogen-bond donors (Lipinski definition) is 1. The van der Waals surface area contributed by atoms with Gasteiger partial charge in [-0.25, -0.2) is 0 Å². The van der Waals surface area contributed by atoms with Crippen LogP contribution in [0.25, 0.3) is 0 Å². The van der Waals surface area contributed by atoms with E-state index in [1.54, 1.807) is 0 Å². The molecule has 1 nitrogen and oxygen atoms in total. The van der Waals surface area contributed by atoms with E-state index in [1.807, 2.05) is 42.5 Å². The lowest BCUT2D eigenvalue weighted by atomic mass is 10.0. The molecule has 0 saturated heterocycles. The average molecular weight is 294 g/mol. The van der Waals surface area contributed by atoms with Gasteiger partial charge in [-0.1, -0.05) is 47.5 Å². The SMILES string of the molecule is CC(NC(C)c1cccc(Cl)c1)c1ccc(Cl)cc1. The predicted octanol–water partition coefficient (Wildman–Crippen LogP) is 5.41. The monoisotopic (exact) mass is 293 g/mol. The number of benzene rings is 2. The Labute approximate surface area is 124 Å². The molecule has 2 rings (SSSR count). The van der Waals surface area contributed by atoms with Crippen LogP contribution in [-0.4, -0.2) is 0 Å². The van der Waals surface area contributed by atoms with Crippen molar-refractivity contribution in [2.24, 2.45) is 0 Å². The molecule has 0 fully saturated rings. The fourth-order valence-electron chi connectivity index (χ4n) is 2.09. The molecule has 100 valence electrons. The molecule has 0 aliphatic rings. The van der Waals surface area contributed by atoms with Gasteiger partial charge in [-0.2, -0.15) is 0 Å². The Balaban J connectivity index is 2.06. The third-order valence-electron chi connectivity index (χ3n) is 3.22. The smallest absolute Gasteiger partial charge is 0.0409 e. The molecule has 0 heterocycles. The summed E-state index contributed by atoms with van der Waals surface area (Å²) in [7, 11) is 0. The molecule has 0 amide bonds. The minimum Gasteiger partial charge on any atom is -0.304 e. The van der Waals surface area contributed by atoms with Crippen molar-refractivity contribution in [3.63, 3.8) is 0 Å². The van der Waals surface area contributed by atoms with Gasteiger partial charge in [0.15, 0.2) is 0 Å². The Morgan fingerprint density at radius 2 is 1.42 bits per heavy atom. The highest BCUT2D eigenvalue weighted by molar-refractivity contribution is 6.30. The number of halogens is 2. The van der Waals surface area contributed by atoms with Crippen molar-refractivity contribution in [2.45, 2.75) is 25.9 Å². The van der Waals surface area contributed by atoms with Crippen molar-refractivity contribution < 1.29 is 0 Å². The van der Waals surface area contributed by atoms with Crippen LogP contribution >= 0.6 is 23.2 Å². The first-order chi connectivity index (χ1) is 9.06. The van der Waals surface area contributed by atoms with E-state index in [2.05, 4.69) is 25.2 Å². The van der Waals surface area contributed by atoms with Crippen molar-refractivity contribution >= 4 is 23.2 Å². The van der Waals surface area contributed by atoms with Gasteiger partial charge >= 0.3 is 0 Å². The summed E-state index contributed by atoms with van der Waals surface area (Å²) in [5.74, 6) is 0. The second-order valence-corrected chi connectivity index (χ2v) is 5.59. The molecule has 0 saturated carbocycles. The highest BCUT2D eigenvalue weighted by Gasteiger charge is 2.11. The van der Waals surface area contributed by atoms with Crippen LogP contribution in [0.1, 0.15) is 37.1 Å². The van der Waals surface area contributed by atoms with Crippen molar-refractivity contribution in [1.82, 2.24) is 5.32 Å². The van der Waals surface area contributed by atoms with E-state index in [0.717, 1.165) is 10.0 Å². The van der Waals surface area contributed by atoms with E-state index in [4.69, 9.17) is 23.2 Å². The van der Waals surface area contributed by atoms with Gasteiger partial charge in [0.2, 0.25) is 0 Å². The topological polar surface area (TPSA) is 12.0 Å². The van der Waals surface area contributed by atoms with Crippen LogP contribution in [0.3, 0.4) is 0 Å². The molecule has 0 radical (unpaired) electrons. The minimum atomic E-state index is 0.240. The zero-order chi connectivity index (χ0) is 13.8. The first-order valence-electron chi connectivity index (χ1n) is 6.33. The standard InChI is InChI=1S/C16H17Cl2N/c1-11(13-6-8-15(17)9-7-13)19-12(2)14-4-3-5-16(18)10-14/h3-12,19H,1-2H3. The normalized spacial score (nSPS) is 14.1. The van der Waals surface area contributed by atoms with E-state index >= 15 is 0 Å². The number of nitrogens with one attached hydrogen (secondary N) is 1. The van der Waals surface area contributed by atoms with Crippen molar-refractivity contribution in [2.75, 3.05) is 0 Å². The molecular weight excluding hydrogens is 277 g/mol. The van der Waals surface area contributed by atoms with Gasteiger partial charge in [-0.05, 0) is 49.2 Å². The van der Waals surface area contributed by atoms with Crippen LogP contribution in [0.2, 0.25) is 10.0 Å². The maximum absolute atomic E-state index is 6.02. The molecule has 1 N–H and O–H groups in total. The van der Waals surface area contributed by atoms with Crippen LogP contribution < -0.4 is 5.32 Å². The van der Waals surface area contributed by atoms with E-state index in [0.29, 0.717) is 0 Å². The maximum Gasteiger partial charge on any atom is 0.0409 e. The molecule has 0 spiro atoms. The Hall–Kier alpha value is -1.02. The van der Waals surface area contributed by atoms with Crippen molar-refractivity contribution in [3.05, 3.63) is 69.7 Å². The van der Waals surface area contributed by atoms with Crippen LogP contribution in [0.5, 0.6) is 0 Å². The van der Waals surface area contributed by atoms with Crippen LogP contribution in [0, 0.1) is 0 Å². The average Bonchev–Trinajstić information content (AvgIpc) is 2.39. The molecule has 0 aromatic heterocycles. The highest BCUT2D eigenvalue weighted by Crippen LogP contribution is 2.22. The van der Waals surface area contributed by atoms with E-state index < -0.39 is 0 Å². The van der Waals surface area contributed by atoms with Gasteiger partial charge in [-0.3, -0.25) is 0 Å². The third kappa shape index (κ3) is 3.97. The van der Waals surface area contributed by atoms with Gasteiger partial charge in [0.05, 0.1) is 0 Å². The molecular formula is C16H17Cl2N. The van der Waals surface area contributed by atoms with Gasteiger partial charge in [-0.15, -0.1) is 0 Å². The molecule has 2 unspecified atom stereocenters. The fourth-order valence-corrected chi connectivity index (χ4v) is 2.42. The Morgan fingerprint density at radius 3 is 2.05 bits per heavy atom. The summed E-state index contributed by atoms with van der Waals surface area (Å²) >= 11 is 11.9. The zero-order valence-electron chi connectivity index (χ0n) is 11.0. The van der Waals surface area contributed by atoms with Crippen LogP contribution in [0.15, 0.2) is 48.5 Å². The number of rotatable bonds is 4. The molecule has 0 aliphatic carbocycles. The lowest BCUT2D eigenvalue weighted by molar-refractivity contribution is 0.495. The molecule has 19 heavy (non-hydrogen) atoms. The van der Waals surface area contributed by atoms with Gasteiger partial charge in [0.25, 0.3) is 0 Å². The molecule has 2 aromatic rings. The lowest BCUT2D eigenvalue weighted by Gasteiger charge is -2.21. The Kier molecular flexibility index (Phi) is 4.87. The summed E-state index contributed by atoms with van der Waals surface area (Å²) < 4.78 is 0. The highest BCUT2D eigenvalue weighted by atomic mass is 35.5. The summed E-state index contributed by atoms with van der Waals surface area (Å²) in [6.07, 6.45) is 0. The van der Waals surface area contributed by atoms with Gasteiger partial charge < -0.3 is 5.32 Å². The third-order valence-corrected chi connectivity index (χ3v) is 3.71. The fraction of sp³-hybridized carbons (Fsp3) is 0.250. The first-order valence-corrected chi connectivity index (χ1v) is 7.09. The summed E-state index contributed by atoms with van der Waals surface area (Å²) in [5.41, 5.74) is 2.41. The predicted molar refractivity (Wildman–Crippen MR) is 82.9 cm³/mol. The van der Waals surface area contributed by atoms with E-state index in [9.17, 15) is 0 Å². The van der Waals surface area contributed by atoms with Crippen LogP contribution in [-0.2, 0) is 0 Å². The lowest BCUT2D eigenvalue weighted by Crippen LogP contribution is -2.22. The Morgan fingerprint density at radius 1 is 0.789 bits per heavy atom. The molecule has 2 atom stereocenters. The van der Waals surface area contributed by atoms with E-state index in [-0.39, 0.29) is 12.1 Å². The van der Waals surface area contributed by atoms with Gasteiger partial charge in [0.1, 0.15) is 0 Å². The quantitative estimate of drug-likeness (QED) is 0.795. The maximum atomic E-state index is 6.02. The second-order valence-electron chi connectivity index (χ2n) is 4.72. The summed E-state index contributed by atoms with van der Waals surface area (Å²) in [5, 5.41) is 5.09. The molecule has 0 bridgehead atoms. The van der Waals surface area contributed by atoms with Crippen molar-refractivity contribution in [3.8, 4) is 0 Å². The summed E-state index contributed by atoms with van der Waals surface area (Å²) in [4.78, 5) is 0. The molecule has 2 aromatic carbocycles. The molecule has 3 heteroatoms. The van der Waals surface area contributed by atoms with E-state index in [1.165, 1.54) is 11.1 Å². The second kappa shape index (κ2) is 6.42. The van der Waals surface area contributed by atoms with Crippen molar-refractivity contribution in [1.29, 1.82) is 0 Å². The van der Waals surface area contributed by atoms with Crippen LogP contribution in [0.4, 0.5) is 0 Å². The van der Waals surface area contributed by atoms with Gasteiger partial charge in [0, 0.05) is 22.1 Å². The minimum absolute atomic E-state index is 0.240. The number of hydrogen-bond acceptors (Lipinski definition) is 1. The first kappa shape index (κ1) is 14.4. The largest absolute Gasteiger partial charge is 0.304 e. The summed E-state index contributed by atoms with van der Waals surface area (Å²) in [6.45, 7) is 4.28. The zero-order valence-corrected chi connectivity index (χ0v) is 12.5. The molecule has 0 aliphatic heterocycles. The summed E-state index contributed by atoms with van der Waals surface area (Å²) in [6, 6.07) is 16.4. The Bertz CT molecular complexity index is 537.